The minimum Gasteiger partial charge on any atom is -0.461 e. The van der Waals surface area contributed by atoms with Crippen LogP contribution in [-0.4, -0.2) is 27.0 Å². The molecule has 5 rings (SSSR count). The number of carbonyl (C=O) groups is 1. The molecule has 1 aliphatic rings. The monoisotopic (exact) mass is 405 g/mol. The van der Waals surface area contributed by atoms with Gasteiger partial charge in [-0.3, -0.25) is 4.79 Å². The Balaban J connectivity index is 1.44. The molecule has 29 heavy (non-hydrogen) atoms. The Kier molecular flexibility index (Phi) is 4.21. The number of nitrogens with zero attached hydrogens (tertiary/aromatic N) is 3. The molecule has 3 aromatic heterocycles. The van der Waals surface area contributed by atoms with E-state index in [4.69, 9.17) is 16.0 Å². The van der Waals surface area contributed by atoms with Crippen molar-refractivity contribution in [2.45, 2.75) is 26.3 Å². The molecule has 1 unspecified atom stereocenters. The molecule has 1 aromatic carbocycles. The van der Waals surface area contributed by atoms with Crippen molar-refractivity contribution in [2.75, 3.05) is 6.54 Å². The number of hydrogen-bond donors (Lipinski definition) is 0. The topological polar surface area (TPSA) is 50.8 Å². The first-order valence-electron chi connectivity index (χ1n) is 9.65. The van der Waals surface area contributed by atoms with E-state index in [9.17, 15) is 4.79 Å². The first-order valence-corrected chi connectivity index (χ1v) is 10.0. The highest BCUT2D eigenvalue weighted by Gasteiger charge is 2.30. The van der Waals surface area contributed by atoms with E-state index in [2.05, 4.69) is 30.2 Å². The Morgan fingerprint density at radius 3 is 2.83 bits per heavy atom. The van der Waals surface area contributed by atoms with Crippen LogP contribution >= 0.6 is 11.6 Å². The molecule has 1 amide bonds. The molecular formula is C23H20ClN3O2. The SMILES string of the molecule is Cc1ccc(-c2ccc3c(c2)CCN(C(=O)c2cc4ccc(Cl)cn4n2)C3C)o1. The smallest absolute Gasteiger partial charge is 0.274 e. The Bertz CT molecular complexity index is 1240. The molecule has 0 fully saturated rings. The van der Waals surface area contributed by atoms with E-state index < -0.39 is 0 Å². The highest BCUT2D eigenvalue weighted by Crippen LogP contribution is 2.34. The van der Waals surface area contributed by atoms with Gasteiger partial charge >= 0.3 is 0 Å². The lowest BCUT2D eigenvalue weighted by atomic mass is 9.91. The summed E-state index contributed by atoms with van der Waals surface area (Å²) in [7, 11) is 0. The standard InChI is InChI=1S/C23H20ClN3O2/c1-14-3-8-22(29-14)17-4-7-20-15(2)26(10-9-16(20)11-17)23(28)21-12-19-6-5-18(24)13-27(19)25-21/h3-8,11-13,15H,9-10H2,1-2H3. The average Bonchev–Trinajstić information content (AvgIpc) is 3.33. The third-order valence-electron chi connectivity index (χ3n) is 5.61. The second-order valence-corrected chi connectivity index (χ2v) is 7.93. The lowest BCUT2D eigenvalue weighted by Crippen LogP contribution is -2.39. The number of hydrogen-bond acceptors (Lipinski definition) is 3. The van der Waals surface area contributed by atoms with Crippen molar-refractivity contribution in [3.05, 3.63) is 82.3 Å². The normalized spacial score (nSPS) is 16.2. The predicted octanol–water partition coefficient (Wildman–Crippen LogP) is 5.32. The van der Waals surface area contributed by atoms with E-state index in [1.807, 2.05) is 36.1 Å². The number of aromatic nitrogens is 2. The zero-order valence-electron chi connectivity index (χ0n) is 16.2. The van der Waals surface area contributed by atoms with E-state index in [1.54, 1.807) is 16.8 Å². The molecule has 5 nitrogen and oxygen atoms in total. The number of pyridine rings is 1. The zero-order valence-corrected chi connectivity index (χ0v) is 17.0. The van der Waals surface area contributed by atoms with Gasteiger partial charge in [-0.25, -0.2) is 4.52 Å². The van der Waals surface area contributed by atoms with Gasteiger partial charge in [0.2, 0.25) is 0 Å². The molecule has 0 bridgehead atoms. The number of rotatable bonds is 2. The Labute approximate surface area is 173 Å². The van der Waals surface area contributed by atoms with Crippen LogP contribution in [0.2, 0.25) is 5.02 Å². The maximum atomic E-state index is 13.2. The lowest BCUT2D eigenvalue weighted by Gasteiger charge is -2.35. The van der Waals surface area contributed by atoms with Crippen LogP contribution in [0.5, 0.6) is 0 Å². The van der Waals surface area contributed by atoms with Crippen LogP contribution in [-0.2, 0) is 6.42 Å². The number of benzene rings is 1. The average molecular weight is 406 g/mol. The minimum absolute atomic E-state index is 0.0213. The number of halogens is 1. The van der Waals surface area contributed by atoms with Crippen LogP contribution in [0, 0.1) is 6.92 Å². The van der Waals surface area contributed by atoms with E-state index in [0.717, 1.165) is 29.0 Å². The van der Waals surface area contributed by atoms with Gasteiger partial charge in [0.15, 0.2) is 5.69 Å². The molecule has 6 heteroatoms. The summed E-state index contributed by atoms with van der Waals surface area (Å²) in [5, 5.41) is 5.01. The van der Waals surface area contributed by atoms with Crippen molar-refractivity contribution >= 4 is 23.0 Å². The van der Waals surface area contributed by atoms with Gasteiger partial charge in [-0.2, -0.15) is 5.10 Å². The van der Waals surface area contributed by atoms with Crippen LogP contribution in [0.1, 0.15) is 40.3 Å². The third-order valence-corrected chi connectivity index (χ3v) is 5.83. The van der Waals surface area contributed by atoms with Crippen molar-refractivity contribution in [2.24, 2.45) is 0 Å². The first-order chi connectivity index (χ1) is 14.0. The molecule has 1 aliphatic heterocycles. The quantitative estimate of drug-likeness (QED) is 0.453. The van der Waals surface area contributed by atoms with Crippen LogP contribution in [0.15, 0.2) is 59.1 Å². The fraction of sp³-hybridized carbons (Fsp3) is 0.217. The Morgan fingerprint density at radius 2 is 2.03 bits per heavy atom. The second-order valence-electron chi connectivity index (χ2n) is 7.49. The van der Waals surface area contributed by atoms with Gasteiger partial charge in [0, 0.05) is 18.3 Å². The van der Waals surface area contributed by atoms with Crippen LogP contribution in [0.4, 0.5) is 0 Å². The minimum atomic E-state index is -0.0614. The van der Waals surface area contributed by atoms with Crippen molar-refractivity contribution < 1.29 is 9.21 Å². The molecule has 4 aromatic rings. The molecule has 0 spiro atoms. The summed E-state index contributed by atoms with van der Waals surface area (Å²) in [6.07, 6.45) is 2.51. The van der Waals surface area contributed by atoms with Crippen molar-refractivity contribution in [1.29, 1.82) is 0 Å². The summed E-state index contributed by atoms with van der Waals surface area (Å²) < 4.78 is 7.41. The number of furan rings is 1. The largest absolute Gasteiger partial charge is 0.461 e. The summed E-state index contributed by atoms with van der Waals surface area (Å²) in [5.41, 5.74) is 4.78. The molecule has 0 saturated carbocycles. The van der Waals surface area contributed by atoms with Gasteiger partial charge in [0.1, 0.15) is 11.5 Å². The van der Waals surface area contributed by atoms with E-state index in [0.29, 0.717) is 17.3 Å². The molecule has 146 valence electrons. The van der Waals surface area contributed by atoms with Gasteiger partial charge in [-0.15, -0.1) is 0 Å². The fourth-order valence-corrected chi connectivity index (χ4v) is 4.22. The maximum Gasteiger partial charge on any atom is 0.274 e. The second kappa shape index (κ2) is 6.78. The van der Waals surface area contributed by atoms with Crippen LogP contribution in [0.3, 0.4) is 0 Å². The molecule has 4 heterocycles. The molecule has 0 radical (unpaired) electrons. The van der Waals surface area contributed by atoms with Gasteiger partial charge in [0.05, 0.1) is 16.6 Å². The molecule has 1 atom stereocenters. The number of fused-ring (bicyclic) bond motifs is 2. The zero-order chi connectivity index (χ0) is 20.1. The fourth-order valence-electron chi connectivity index (χ4n) is 4.07. The lowest BCUT2D eigenvalue weighted by molar-refractivity contribution is 0.0671. The van der Waals surface area contributed by atoms with Crippen molar-refractivity contribution in [3.63, 3.8) is 0 Å². The number of carbonyl (C=O) groups excluding carboxylic acids is 1. The van der Waals surface area contributed by atoms with Crippen LogP contribution in [0.25, 0.3) is 16.8 Å². The number of amides is 1. The van der Waals surface area contributed by atoms with Crippen molar-refractivity contribution in [1.82, 2.24) is 14.5 Å². The summed E-state index contributed by atoms with van der Waals surface area (Å²) >= 11 is 6.03. The Hall–Kier alpha value is -3.05. The molecular weight excluding hydrogens is 386 g/mol. The van der Waals surface area contributed by atoms with Gasteiger partial charge in [0.25, 0.3) is 5.91 Å². The first kappa shape index (κ1) is 18.0. The predicted molar refractivity (Wildman–Crippen MR) is 112 cm³/mol. The van der Waals surface area contributed by atoms with Crippen molar-refractivity contribution in [3.8, 4) is 11.3 Å². The number of aryl methyl sites for hydroxylation is 1. The van der Waals surface area contributed by atoms with E-state index >= 15 is 0 Å². The third kappa shape index (κ3) is 3.12. The Morgan fingerprint density at radius 1 is 1.17 bits per heavy atom. The van der Waals surface area contributed by atoms with Gasteiger partial charge < -0.3 is 9.32 Å². The maximum absolute atomic E-state index is 13.2. The van der Waals surface area contributed by atoms with Crippen LogP contribution < -0.4 is 0 Å². The van der Waals surface area contributed by atoms with E-state index in [1.165, 1.54) is 11.1 Å². The van der Waals surface area contributed by atoms with Gasteiger partial charge in [-0.1, -0.05) is 23.7 Å². The highest BCUT2D eigenvalue weighted by molar-refractivity contribution is 6.30. The highest BCUT2D eigenvalue weighted by atomic mass is 35.5. The summed E-state index contributed by atoms with van der Waals surface area (Å²) in [6, 6.07) is 15.8. The molecule has 0 N–H and O–H groups in total. The summed E-state index contributed by atoms with van der Waals surface area (Å²) in [6.45, 7) is 4.67. The van der Waals surface area contributed by atoms with Gasteiger partial charge in [-0.05, 0) is 67.8 Å². The van der Waals surface area contributed by atoms with E-state index in [-0.39, 0.29) is 11.9 Å². The molecule has 0 aliphatic carbocycles. The summed E-state index contributed by atoms with van der Waals surface area (Å²) in [4.78, 5) is 15.1. The summed E-state index contributed by atoms with van der Waals surface area (Å²) in [5.74, 6) is 1.71. The molecule has 0 saturated heterocycles.